The van der Waals surface area contributed by atoms with Crippen LogP contribution in [0.2, 0.25) is 0 Å². The van der Waals surface area contributed by atoms with Crippen LogP contribution in [-0.2, 0) is 4.79 Å². The summed E-state index contributed by atoms with van der Waals surface area (Å²) in [6, 6.07) is 7.91. The zero-order valence-corrected chi connectivity index (χ0v) is 14.6. The molecule has 0 saturated heterocycles. The van der Waals surface area contributed by atoms with Gasteiger partial charge in [0.1, 0.15) is 0 Å². The molecule has 3 aromatic heterocycles. The maximum atomic E-state index is 11.9. The molecule has 1 N–H and O–H groups in total. The normalized spacial score (nSPS) is 11.1. The molecule has 1 amide bonds. The third-order valence-electron chi connectivity index (χ3n) is 2.50. The minimum absolute atomic E-state index is 0.174. The molecule has 0 aromatic carbocycles. The molecule has 3 nitrogen and oxygen atoms in total. The predicted octanol–water partition coefficient (Wildman–Crippen LogP) is 5.35. The van der Waals surface area contributed by atoms with Crippen LogP contribution in [0.5, 0.6) is 0 Å². The number of hydrogen-bond donors (Lipinski definition) is 1. The second kappa shape index (κ2) is 6.65. The van der Waals surface area contributed by atoms with E-state index in [0.717, 1.165) is 19.2 Å². The van der Waals surface area contributed by atoms with Crippen LogP contribution in [0.15, 0.2) is 44.9 Å². The molecular formula is C14H9BrN2OS3. The van der Waals surface area contributed by atoms with Gasteiger partial charge in [0.25, 0.3) is 0 Å². The largest absolute Gasteiger partial charge is 0.298 e. The smallest absolute Gasteiger partial charge is 0.250 e. The van der Waals surface area contributed by atoms with Gasteiger partial charge in [0.05, 0.1) is 14.4 Å². The van der Waals surface area contributed by atoms with E-state index in [1.165, 1.54) is 17.4 Å². The SMILES string of the molecule is O=C(/C=C/c1ccc(Br)s1)Nc1nc(-c2cccs2)cs1. The number of carbonyl (C=O) groups is 1. The number of halogens is 1. The Hall–Kier alpha value is -1.28. The average Bonchev–Trinajstić information content (AvgIpc) is 3.16. The van der Waals surface area contributed by atoms with Crippen molar-refractivity contribution in [3.63, 3.8) is 0 Å². The zero-order valence-electron chi connectivity index (χ0n) is 10.6. The Balaban J connectivity index is 1.64. The number of aromatic nitrogens is 1. The van der Waals surface area contributed by atoms with Crippen molar-refractivity contribution < 1.29 is 4.79 Å². The van der Waals surface area contributed by atoms with E-state index in [1.54, 1.807) is 28.7 Å². The quantitative estimate of drug-likeness (QED) is 0.604. The van der Waals surface area contributed by atoms with E-state index in [0.29, 0.717) is 5.13 Å². The summed E-state index contributed by atoms with van der Waals surface area (Å²) in [4.78, 5) is 18.4. The number of nitrogens with zero attached hydrogens (tertiary/aromatic N) is 1. The average molecular weight is 397 g/mol. The van der Waals surface area contributed by atoms with E-state index in [2.05, 4.69) is 26.2 Å². The Morgan fingerprint density at radius 1 is 1.29 bits per heavy atom. The first kappa shape index (κ1) is 14.6. The van der Waals surface area contributed by atoms with Crippen LogP contribution in [0, 0.1) is 0 Å². The van der Waals surface area contributed by atoms with Crippen LogP contribution in [0.3, 0.4) is 0 Å². The molecule has 0 aliphatic heterocycles. The van der Waals surface area contributed by atoms with Gasteiger partial charge < -0.3 is 0 Å². The van der Waals surface area contributed by atoms with Crippen molar-refractivity contribution in [2.45, 2.75) is 0 Å². The fourth-order valence-corrected chi connectivity index (χ4v) is 4.39. The van der Waals surface area contributed by atoms with Crippen molar-refractivity contribution in [3.8, 4) is 10.6 Å². The molecule has 0 aliphatic rings. The number of thiazole rings is 1. The Bertz CT molecular complexity index is 774. The monoisotopic (exact) mass is 396 g/mol. The third kappa shape index (κ3) is 3.88. The molecule has 0 atom stereocenters. The lowest BCUT2D eigenvalue weighted by Gasteiger charge is -1.95. The molecule has 3 rings (SSSR count). The van der Waals surface area contributed by atoms with Gasteiger partial charge in [-0.3, -0.25) is 10.1 Å². The fraction of sp³-hybridized carbons (Fsp3) is 0. The molecule has 0 aliphatic carbocycles. The zero-order chi connectivity index (χ0) is 14.7. The molecule has 106 valence electrons. The van der Waals surface area contributed by atoms with E-state index in [-0.39, 0.29) is 5.91 Å². The summed E-state index contributed by atoms with van der Waals surface area (Å²) in [5.74, 6) is -0.174. The van der Waals surface area contributed by atoms with E-state index in [9.17, 15) is 4.79 Å². The molecule has 3 aromatic rings. The van der Waals surface area contributed by atoms with Crippen molar-refractivity contribution in [1.82, 2.24) is 4.98 Å². The maximum absolute atomic E-state index is 11.9. The van der Waals surface area contributed by atoms with Gasteiger partial charge in [-0.05, 0) is 45.6 Å². The third-order valence-corrected chi connectivity index (χ3v) is 5.74. The Morgan fingerprint density at radius 2 is 2.19 bits per heavy atom. The Kier molecular flexibility index (Phi) is 4.64. The molecule has 0 bridgehead atoms. The highest BCUT2D eigenvalue weighted by molar-refractivity contribution is 9.11. The van der Waals surface area contributed by atoms with Crippen molar-refractivity contribution in [2.75, 3.05) is 5.32 Å². The molecule has 7 heteroatoms. The van der Waals surface area contributed by atoms with Crippen molar-refractivity contribution in [2.24, 2.45) is 0 Å². The molecule has 21 heavy (non-hydrogen) atoms. The number of rotatable bonds is 4. The lowest BCUT2D eigenvalue weighted by atomic mass is 10.4. The minimum Gasteiger partial charge on any atom is -0.298 e. The van der Waals surface area contributed by atoms with Crippen LogP contribution in [0.4, 0.5) is 5.13 Å². The van der Waals surface area contributed by atoms with Crippen LogP contribution < -0.4 is 5.32 Å². The van der Waals surface area contributed by atoms with Gasteiger partial charge in [0, 0.05) is 16.3 Å². The lowest BCUT2D eigenvalue weighted by Crippen LogP contribution is -2.07. The number of nitrogens with one attached hydrogen (secondary N) is 1. The van der Waals surface area contributed by atoms with Crippen molar-refractivity contribution in [1.29, 1.82) is 0 Å². The van der Waals surface area contributed by atoms with Gasteiger partial charge in [-0.15, -0.1) is 34.0 Å². The summed E-state index contributed by atoms with van der Waals surface area (Å²) < 4.78 is 1.04. The summed E-state index contributed by atoms with van der Waals surface area (Å²) in [7, 11) is 0. The topological polar surface area (TPSA) is 42.0 Å². The predicted molar refractivity (Wildman–Crippen MR) is 95.1 cm³/mol. The number of carbonyl (C=O) groups excluding carboxylic acids is 1. The van der Waals surface area contributed by atoms with Crippen LogP contribution >= 0.6 is 49.9 Å². The summed E-state index contributed by atoms with van der Waals surface area (Å²) in [5, 5.41) is 7.35. The van der Waals surface area contributed by atoms with Crippen LogP contribution in [0.1, 0.15) is 4.88 Å². The van der Waals surface area contributed by atoms with Gasteiger partial charge in [0.2, 0.25) is 5.91 Å². The van der Waals surface area contributed by atoms with Gasteiger partial charge in [0.15, 0.2) is 5.13 Å². The molecular weight excluding hydrogens is 388 g/mol. The lowest BCUT2D eigenvalue weighted by molar-refractivity contribution is -0.111. The maximum Gasteiger partial charge on any atom is 0.250 e. The number of thiophene rings is 2. The molecule has 0 spiro atoms. The van der Waals surface area contributed by atoms with Gasteiger partial charge in [-0.1, -0.05) is 6.07 Å². The molecule has 0 unspecified atom stereocenters. The molecule has 0 radical (unpaired) electrons. The molecule has 0 fully saturated rings. The number of anilines is 1. The van der Waals surface area contributed by atoms with E-state index < -0.39 is 0 Å². The highest BCUT2D eigenvalue weighted by atomic mass is 79.9. The van der Waals surface area contributed by atoms with Crippen LogP contribution in [0.25, 0.3) is 16.6 Å². The summed E-state index contributed by atoms with van der Waals surface area (Å²) in [6.07, 6.45) is 3.31. The minimum atomic E-state index is -0.174. The van der Waals surface area contributed by atoms with Gasteiger partial charge >= 0.3 is 0 Å². The van der Waals surface area contributed by atoms with Gasteiger partial charge in [-0.25, -0.2) is 4.98 Å². The highest BCUT2D eigenvalue weighted by Crippen LogP contribution is 2.28. The molecule has 3 heterocycles. The highest BCUT2D eigenvalue weighted by Gasteiger charge is 2.07. The van der Waals surface area contributed by atoms with E-state index in [4.69, 9.17) is 0 Å². The summed E-state index contributed by atoms with van der Waals surface area (Å²) in [6.45, 7) is 0. The summed E-state index contributed by atoms with van der Waals surface area (Å²) >= 11 is 8.03. The first-order valence-corrected chi connectivity index (χ1v) is 9.31. The Labute approximate surface area is 142 Å². The molecule has 0 saturated carbocycles. The van der Waals surface area contributed by atoms with Crippen molar-refractivity contribution in [3.05, 3.63) is 49.8 Å². The number of hydrogen-bond acceptors (Lipinski definition) is 5. The second-order valence-corrected chi connectivity index (χ2v) is 8.28. The second-order valence-electron chi connectivity index (χ2n) is 3.98. The first-order valence-electron chi connectivity index (χ1n) is 5.94. The van der Waals surface area contributed by atoms with E-state index in [1.807, 2.05) is 35.0 Å². The van der Waals surface area contributed by atoms with Crippen molar-refractivity contribution >= 4 is 67.1 Å². The fourth-order valence-electron chi connectivity index (χ4n) is 1.59. The standard InChI is InChI=1S/C14H9BrN2OS3/c15-12-5-3-9(21-12)4-6-13(18)17-14-16-10(8-20-14)11-2-1-7-19-11/h1-8H,(H,16,17,18)/b6-4+. The van der Waals surface area contributed by atoms with Crippen LogP contribution in [-0.4, -0.2) is 10.9 Å². The Morgan fingerprint density at radius 3 is 2.90 bits per heavy atom. The van der Waals surface area contributed by atoms with Gasteiger partial charge in [-0.2, -0.15) is 0 Å². The number of amides is 1. The first-order chi connectivity index (χ1) is 10.2. The summed E-state index contributed by atoms with van der Waals surface area (Å²) in [5.41, 5.74) is 0.900. The van der Waals surface area contributed by atoms with E-state index >= 15 is 0 Å².